The van der Waals surface area contributed by atoms with Gasteiger partial charge < -0.3 is 10.2 Å². The van der Waals surface area contributed by atoms with Crippen LogP contribution in [0.15, 0.2) is 0 Å². The molecule has 0 aromatic heterocycles. The Labute approximate surface area is 106 Å². The highest BCUT2D eigenvalue weighted by atomic mass is 15.2. The number of hydrogen-bond acceptors (Lipinski definition) is 2. The third-order valence-corrected chi connectivity index (χ3v) is 5.32. The third kappa shape index (κ3) is 2.68. The fourth-order valence-corrected chi connectivity index (χ4v) is 3.99. The van der Waals surface area contributed by atoms with Crippen molar-refractivity contribution < 1.29 is 0 Å². The maximum atomic E-state index is 3.90. The minimum absolute atomic E-state index is 0.724. The van der Waals surface area contributed by atoms with Gasteiger partial charge in [0.1, 0.15) is 0 Å². The van der Waals surface area contributed by atoms with E-state index < -0.39 is 0 Å². The minimum atomic E-state index is 0.724. The molecule has 2 heterocycles. The zero-order valence-electron chi connectivity index (χ0n) is 11.4. The van der Waals surface area contributed by atoms with E-state index in [9.17, 15) is 0 Å². The first-order valence-electron chi connectivity index (χ1n) is 7.79. The lowest BCUT2D eigenvalue weighted by Gasteiger charge is -2.36. The van der Waals surface area contributed by atoms with Gasteiger partial charge in [-0.15, -0.1) is 0 Å². The van der Waals surface area contributed by atoms with Crippen LogP contribution in [0.2, 0.25) is 0 Å². The lowest BCUT2D eigenvalue weighted by atomic mass is 9.95. The molecule has 0 aromatic rings. The van der Waals surface area contributed by atoms with Gasteiger partial charge in [0.2, 0.25) is 0 Å². The summed E-state index contributed by atoms with van der Waals surface area (Å²) < 4.78 is 0. The molecule has 0 bridgehead atoms. The van der Waals surface area contributed by atoms with E-state index in [1.807, 2.05) is 0 Å². The number of rotatable bonds is 5. The Bertz CT molecular complexity index is 260. The molecule has 3 aliphatic rings. The molecule has 0 radical (unpaired) electrons. The quantitative estimate of drug-likeness (QED) is 0.789. The molecule has 2 nitrogen and oxygen atoms in total. The summed E-state index contributed by atoms with van der Waals surface area (Å²) in [5, 5.41) is 3.90. The molecule has 3 fully saturated rings. The summed E-state index contributed by atoms with van der Waals surface area (Å²) in [6.45, 7) is 6.36. The second kappa shape index (κ2) is 4.89. The molecule has 0 aromatic carbocycles. The lowest BCUT2D eigenvalue weighted by molar-refractivity contribution is 0.163. The first-order valence-corrected chi connectivity index (χ1v) is 7.79. The Morgan fingerprint density at radius 2 is 2.12 bits per heavy atom. The molecule has 98 valence electrons. The molecule has 2 aliphatic heterocycles. The number of fused-ring (bicyclic) bond motifs is 1. The smallest absolute Gasteiger partial charge is 0.0111 e. The van der Waals surface area contributed by atoms with Gasteiger partial charge in [0.15, 0.2) is 0 Å². The van der Waals surface area contributed by atoms with E-state index in [2.05, 4.69) is 17.1 Å². The lowest BCUT2D eigenvalue weighted by Crippen LogP contribution is -2.46. The first-order chi connectivity index (χ1) is 8.31. The number of hydrogen-bond donors (Lipinski definition) is 1. The maximum absolute atomic E-state index is 3.90. The summed E-state index contributed by atoms with van der Waals surface area (Å²) in [6, 6.07) is 1.74. The summed E-state index contributed by atoms with van der Waals surface area (Å²) in [4.78, 5) is 2.72. The van der Waals surface area contributed by atoms with Gasteiger partial charge in [0.25, 0.3) is 0 Å². The van der Waals surface area contributed by atoms with Crippen molar-refractivity contribution in [3.63, 3.8) is 0 Å². The Hall–Kier alpha value is -0.0800. The van der Waals surface area contributed by atoms with Crippen molar-refractivity contribution in [2.45, 2.75) is 70.4 Å². The van der Waals surface area contributed by atoms with Crippen molar-refractivity contribution >= 4 is 0 Å². The minimum Gasteiger partial charge on any atom is -0.313 e. The molecule has 2 heteroatoms. The summed E-state index contributed by atoms with van der Waals surface area (Å²) in [6.07, 6.45) is 11.5. The number of nitrogens with zero attached hydrogens (tertiary/aromatic N) is 1. The van der Waals surface area contributed by atoms with Gasteiger partial charge in [-0.05, 0) is 63.5 Å². The molecule has 1 aliphatic carbocycles. The predicted octanol–water partition coefficient (Wildman–Crippen LogP) is 2.78. The fourth-order valence-electron chi connectivity index (χ4n) is 3.99. The fraction of sp³-hybridized carbons (Fsp3) is 1.00. The summed E-state index contributed by atoms with van der Waals surface area (Å²) in [7, 11) is 0. The SMILES string of the molecule is CCCC1(CNC2CCN3CCCC3C2)CC1. The molecular formula is C15H28N2. The molecule has 1 N–H and O–H groups in total. The van der Waals surface area contributed by atoms with Crippen LogP contribution in [0.5, 0.6) is 0 Å². The number of piperidine rings is 1. The summed E-state index contributed by atoms with van der Waals surface area (Å²) >= 11 is 0. The second-order valence-electron chi connectivity index (χ2n) is 6.68. The molecule has 2 atom stereocenters. The van der Waals surface area contributed by atoms with Gasteiger partial charge in [0, 0.05) is 18.6 Å². The van der Waals surface area contributed by atoms with E-state index in [-0.39, 0.29) is 0 Å². The first kappa shape index (κ1) is 12.0. The Kier molecular flexibility index (Phi) is 3.45. The summed E-state index contributed by atoms with van der Waals surface area (Å²) in [5.41, 5.74) is 0.724. The molecule has 2 unspecified atom stereocenters. The molecule has 0 spiro atoms. The molecule has 3 rings (SSSR count). The van der Waals surface area contributed by atoms with Crippen molar-refractivity contribution in [1.82, 2.24) is 10.2 Å². The maximum Gasteiger partial charge on any atom is 0.0111 e. The van der Waals surface area contributed by atoms with Crippen LogP contribution in [0.4, 0.5) is 0 Å². The monoisotopic (exact) mass is 236 g/mol. The van der Waals surface area contributed by atoms with Gasteiger partial charge in [-0.2, -0.15) is 0 Å². The highest BCUT2D eigenvalue weighted by Gasteiger charge is 2.42. The van der Waals surface area contributed by atoms with Gasteiger partial charge in [-0.25, -0.2) is 0 Å². The van der Waals surface area contributed by atoms with Crippen LogP contribution in [0, 0.1) is 5.41 Å². The average molecular weight is 236 g/mol. The molecule has 2 saturated heterocycles. The van der Waals surface area contributed by atoms with Crippen LogP contribution in [0.25, 0.3) is 0 Å². The molecule has 0 amide bonds. The molecule has 1 saturated carbocycles. The van der Waals surface area contributed by atoms with Gasteiger partial charge >= 0.3 is 0 Å². The predicted molar refractivity (Wildman–Crippen MR) is 72.2 cm³/mol. The van der Waals surface area contributed by atoms with Crippen molar-refractivity contribution in [2.75, 3.05) is 19.6 Å². The number of nitrogens with one attached hydrogen (secondary N) is 1. The largest absolute Gasteiger partial charge is 0.313 e. The van der Waals surface area contributed by atoms with Crippen molar-refractivity contribution in [2.24, 2.45) is 5.41 Å². The second-order valence-corrected chi connectivity index (χ2v) is 6.68. The third-order valence-electron chi connectivity index (χ3n) is 5.32. The van der Waals surface area contributed by atoms with Crippen LogP contribution in [-0.4, -0.2) is 36.6 Å². The van der Waals surface area contributed by atoms with Crippen LogP contribution < -0.4 is 5.32 Å². The van der Waals surface area contributed by atoms with Crippen molar-refractivity contribution in [3.05, 3.63) is 0 Å². The van der Waals surface area contributed by atoms with Crippen LogP contribution >= 0.6 is 0 Å². The van der Waals surface area contributed by atoms with E-state index in [4.69, 9.17) is 0 Å². The van der Waals surface area contributed by atoms with Crippen molar-refractivity contribution in [1.29, 1.82) is 0 Å². The average Bonchev–Trinajstić information content (AvgIpc) is 2.95. The van der Waals surface area contributed by atoms with E-state index in [0.29, 0.717) is 0 Å². The molecular weight excluding hydrogens is 208 g/mol. The van der Waals surface area contributed by atoms with Crippen molar-refractivity contribution in [3.8, 4) is 0 Å². The van der Waals surface area contributed by atoms with Gasteiger partial charge in [0.05, 0.1) is 0 Å². The van der Waals surface area contributed by atoms with Crippen LogP contribution in [0.3, 0.4) is 0 Å². The summed E-state index contributed by atoms with van der Waals surface area (Å²) in [5.74, 6) is 0. The van der Waals surface area contributed by atoms with Gasteiger partial charge in [-0.1, -0.05) is 13.3 Å². The van der Waals surface area contributed by atoms with E-state index in [1.54, 1.807) is 0 Å². The molecule has 17 heavy (non-hydrogen) atoms. The highest BCUT2D eigenvalue weighted by molar-refractivity contribution is 4.96. The standard InChI is InChI=1S/C15H28N2/c1-2-6-15(7-8-15)12-16-13-5-10-17-9-3-4-14(17)11-13/h13-14,16H,2-12H2,1H3. The highest BCUT2D eigenvalue weighted by Crippen LogP contribution is 2.49. The zero-order valence-corrected chi connectivity index (χ0v) is 11.4. The Morgan fingerprint density at radius 1 is 1.24 bits per heavy atom. The van der Waals surface area contributed by atoms with E-state index in [0.717, 1.165) is 17.5 Å². The van der Waals surface area contributed by atoms with E-state index >= 15 is 0 Å². The van der Waals surface area contributed by atoms with E-state index in [1.165, 1.54) is 71.0 Å². The Balaban J connectivity index is 1.43. The van der Waals surface area contributed by atoms with Crippen LogP contribution in [-0.2, 0) is 0 Å². The topological polar surface area (TPSA) is 15.3 Å². The normalized spacial score (nSPS) is 35.8. The Morgan fingerprint density at radius 3 is 2.88 bits per heavy atom. The zero-order chi connectivity index (χ0) is 11.7. The van der Waals surface area contributed by atoms with Gasteiger partial charge in [-0.3, -0.25) is 0 Å². The van der Waals surface area contributed by atoms with Crippen LogP contribution in [0.1, 0.15) is 58.3 Å².